The minimum absolute atomic E-state index is 0.653. The smallest absolute Gasteiger partial charge is 0.143 e. The molecule has 0 atom stereocenters. The Morgan fingerprint density at radius 1 is 0.525 bits per heavy atom. The van der Waals surface area contributed by atoms with E-state index in [9.17, 15) is 5.26 Å². The van der Waals surface area contributed by atoms with E-state index in [1.54, 1.807) is 0 Å². The maximum absolute atomic E-state index is 9.41. The first-order valence-corrected chi connectivity index (χ1v) is 14.1. The molecule has 8 aromatic rings. The minimum atomic E-state index is 0.653. The summed E-state index contributed by atoms with van der Waals surface area (Å²) in [7, 11) is 0. The highest BCUT2D eigenvalue weighted by Crippen LogP contribution is 2.44. The van der Waals surface area contributed by atoms with Crippen molar-refractivity contribution in [3.63, 3.8) is 0 Å². The number of thiophene rings is 1. The predicted octanol–water partition coefficient (Wildman–Crippen LogP) is 10.8. The largest absolute Gasteiger partial charge is 0.455 e. The number of furan rings is 1. The van der Waals surface area contributed by atoms with Crippen LogP contribution in [0.15, 0.2) is 132 Å². The van der Waals surface area contributed by atoms with Gasteiger partial charge in [-0.15, -0.1) is 11.3 Å². The third-order valence-corrected chi connectivity index (χ3v) is 8.97. The van der Waals surface area contributed by atoms with Gasteiger partial charge >= 0.3 is 0 Å². The summed E-state index contributed by atoms with van der Waals surface area (Å²) < 4.78 is 8.96. The van der Waals surface area contributed by atoms with Crippen molar-refractivity contribution in [1.82, 2.24) is 0 Å². The van der Waals surface area contributed by atoms with Crippen LogP contribution in [0.5, 0.6) is 0 Å². The lowest BCUT2D eigenvalue weighted by molar-refractivity contribution is 0.670. The molecule has 0 amide bonds. The van der Waals surface area contributed by atoms with Crippen molar-refractivity contribution in [2.75, 3.05) is 0 Å². The molecule has 2 heterocycles. The molecule has 0 unspecified atom stereocenters. The standard InChI is InChI=1S/C37H21NOS/c38-22-23-15-17-24(18-16-23)33-21-25(26-9-5-10-30-28-7-1-3-13-34(28)39-36(26)30)19-20-27(33)31-11-6-12-32-29-8-2-4-14-35(29)40-37(31)32/h1-21H. The highest BCUT2D eigenvalue weighted by atomic mass is 32.1. The van der Waals surface area contributed by atoms with Crippen LogP contribution in [0.1, 0.15) is 5.56 Å². The molecule has 0 spiro atoms. The Labute approximate surface area is 235 Å². The molecule has 0 bridgehead atoms. The fourth-order valence-corrected chi connectivity index (χ4v) is 7.07. The number of nitriles is 1. The van der Waals surface area contributed by atoms with Gasteiger partial charge in [0.25, 0.3) is 0 Å². The molecular weight excluding hydrogens is 506 g/mol. The molecule has 40 heavy (non-hydrogen) atoms. The molecule has 0 aliphatic carbocycles. The van der Waals surface area contributed by atoms with Crippen LogP contribution < -0.4 is 0 Å². The van der Waals surface area contributed by atoms with Crippen molar-refractivity contribution in [2.45, 2.75) is 0 Å². The third-order valence-electron chi connectivity index (χ3n) is 7.75. The number of nitrogens with zero attached hydrogens (tertiary/aromatic N) is 1. The summed E-state index contributed by atoms with van der Waals surface area (Å²) in [4.78, 5) is 0. The van der Waals surface area contributed by atoms with Gasteiger partial charge in [-0.2, -0.15) is 5.26 Å². The van der Waals surface area contributed by atoms with E-state index in [1.165, 1.54) is 31.3 Å². The lowest BCUT2D eigenvalue weighted by Crippen LogP contribution is -1.89. The van der Waals surface area contributed by atoms with Crippen LogP contribution in [-0.4, -0.2) is 0 Å². The van der Waals surface area contributed by atoms with Crippen molar-refractivity contribution >= 4 is 53.4 Å². The van der Waals surface area contributed by atoms with E-state index >= 15 is 0 Å². The van der Waals surface area contributed by atoms with Gasteiger partial charge in [-0.25, -0.2) is 0 Å². The van der Waals surface area contributed by atoms with Gasteiger partial charge in [0.15, 0.2) is 0 Å². The van der Waals surface area contributed by atoms with E-state index in [1.807, 2.05) is 47.7 Å². The Kier molecular flexibility index (Phi) is 5.10. The first kappa shape index (κ1) is 22.8. The number of benzene rings is 6. The Hall–Kier alpha value is -5.17. The average molecular weight is 528 g/mol. The van der Waals surface area contributed by atoms with Gasteiger partial charge in [-0.05, 0) is 52.6 Å². The lowest BCUT2D eigenvalue weighted by Gasteiger charge is -2.14. The van der Waals surface area contributed by atoms with Crippen molar-refractivity contribution < 1.29 is 4.42 Å². The van der Waals surface area contributed by atoms with Gasteiger partial charge < -0.3 is 4.42 Å². The molecule has 0 saturated carbocycles. The normalized spacial score (nSPS) is 11.5. The quantitative estimate of drug-likeness (QED) is 0.229. The first-order chi connectivity index (χ1) is 19.8. The van der Waals surface area contributed by atoms with Crippen LogP contribution in [0.3, 0.4) is 0 Å². The maximum atomic E-state index is 9.41. The average Bonchev–Trinajstić information content (AvgIpc) is 3.59. The summed E-state index contributed by atoms with van der Waals surface area (Å²) >= 11 is 1.84. The number of rotatable bonds is 3. The highest BCUT2D eigenvalue weighted by Gasteiger charge is 2.17. The van der Waals surface area contributed by atoms with E-state index in [0.29, 0.717) is 5.56 Å². The summed E-state index contributed by atoms with van der Waals surface area (Å²) in [5, 5.41) is 14.2. The van der Waals surface area contributed by atoms with Crippen LogP contribution in [0, 0.1) is 11.3 Å². The number of fused-ring (bicyclic) bond motifs is 6. The first-order valence-electron chi connectivity index (χ1n) is 13.2. The molecule has 8 rings (SSSR count). The molecular formula is C37H21NOS. The predicted molar refractivity (Wildman–Crippen MR) is 168 cm³/mol. The van der Waals surface area contributed by atoms with E-state index in [4.69, 9.17) is 4.42 Å². The van der Waals surface area contributed by atoms with E-state index < -0.39 is 0 Å². The van der Waals surface area contributed by atoms with Crippen LogP contribution in [0.4, 0.5) is 0 Å². The molecule has 2 nitrogen and oxygen atoms in total. The van der Waals surface area contributed by atoms with Crippen molar-refractivity contribution in [1.29, 1.82) is 5.26 Å². The van der Waals surface area contributed by atoms with Crippen LogP contribution in [0.25, 0.3) is 75.5 Å². The second kappa shape index (κ2) is 8.95. The fraction of sp³-hybridized carbons (Fsp3) is 0. The molecule has 0 saturated heterocycles. The molecule has 0 aliphatic heterocycles. The van der Waals surface area contributed by atoms with Gasteiger partial charge in [-0.1, -0.05) is 97.1 Å². The Morgan fingerprint density at radius 2 is 1.23 bits per heavy atom. The molecule has 0 fully saturated rings. The van der Waals surface area contributed by atoms with E-state index in [0.717, 1.165) is 44.2 Å². The second-order valence-corrected chi connectivity index (χ2v) is 11.1. The number of para-hydroxylation sites is 2. The number of hydrogen-bond donors (Lipinski definition) is 0. The molecule has 2 aromatic heterocycles. The minimum Gasteiger partial charge on any atom is -0.455 e. The Morgan fingerprint density at radius 3 is 2.08 bits per heavy atom. The molecule has 6 aromatic carbocycles. The molecule has 186 valence electrons. The summed E-state index contributed by atoms with van der Waals surface area (Å²) in [5.74, 6) is 0. The van der Waals surface area contributed by atoms with E-state index in [-0.39, 0.29) is 0 Å². The molecule has 0 radical (unpaired) electrons. The maximum Gasteiger partial charge on any atom is 0.143 e. The zero-order chi connectivity index (χ0) is 26.6. The van der Waals surface area contributed by atoms with E-state index in [2.05, 4.69) is 97.1 Å². The van der Waals surface area contributed by atoms with Crippen molar-refractivity contribution in [3.8, 4) is 39.4 Å². The van der Waals surface area contributed by atoms with Gasteiger partial charge in [0.2, 0.25) is 0 Å². The van der Waals surface area contributed by atoms with Crippen molar-refractivity contribution in [2.24, 2.45) is 0 Å². The lowest BCUT2D eigenvalue weighted by atomic mass is 9.90. The van der Waals surface area contributed by atoms with Gasteiger partial charge in [0.05, 0.1) is 11.6 Å². The Bertz CT molecular complexity index is 2280. The second-order valence-electron chi connectivity index (χ2n) is 10.0. The van der Waals surface area contributed by atoms with Crippen molar-refractivity contribution in [3.05, 3.63) is 133 Å². The summed E-state index contributed by atoms with van der Waals surface area (Å²) in [6, 6.07) is 46.6. The van der Waals surface area contributed by atoms with Gasteiger partial charge in [0, 0.05) is 42.1 Å². The third kappa shape index (κ3) is 3.48. The zero-order valence-corrected chi connectivity index (χ0v) is 22.2. The topological polar surface area (TPSA) is 36.9 Å². The van der Waals surface area contributed by atoms with Crippen LogP contribution in [-0.2, 0) is 0 Å². The van der Waals surface area contributed by atoms with Crippen LogP contribution in [0.2, 0.25) is 0 Å². The highest BCUT2D eigenvalue weighted by molar-refractivity contribution is 7.26. The molecule has 0 aliphatic rings. The van der Waals surface area contributed by atoms with Gasteiger partial charge in [-0.3, -0.25) is 0 Å². The summed E-state index contributed by atoms with van der Waals surface area (Å²) in [6.45, 7) is 0. The molecule has 3 heteroatoms. The summed E-state index contributed by atoms with van der Waals surface area (Å²) in [5.41, 5.74) is 9.19. The van der Waals surface area contributed by atoms with Gasteiger partial charge in [0.1, 0.15) is 11.2 Å². The SMILES string of the molecule is N#Cc1ccc(-c2cc(-c3cccc4c3oc3ccccc34)ccc2-c2cccc3c2sc2ccccc23)cc1. The summed E-state index contributed by atoms with van der Waals surface area (Å²) in [6.07, 6.45) is 0. The monoisotopic (exact) mass is 527 g/mol. The number of hydrogen-bond acceptors (Lipinski definition) is 3. The van der Waals surface area contributed by atoms with Crippen LogP contribution >= 0.6 is 11.3 Å². The fourth-order valence-electron chi connectivity index (χ4n) is 5.84. The Balaban J connectivity index is 1.40. The zero-order valence-electron chi connectivity index (χ0n) is 21.4. The molecule has 0 N–H and O–H groups in total.